The van der Waals surface area contributed by atoms with Crippen molar-refractivity contribution >= 4 is 21.4 Å². The van der Waals surface area contributed by atoms with Gasteiger partial charge in [-0.05, 0) is 48.2 Å². The Hall–Kier alpha value is -2.84. The number of hydrogen-bond donors (Lipinski definition) is 1. The molecule has 2 heterocycles. The number of fused-ring (bicyclic) bond motifs is 1. The van der Waals surface area contributed by atoms with Crippen LogP contribution in [0.3, 0.4) is 0 Å². The molecule has 8 heteroatoms. The van der Waals surface area contributed by atoms with Crippen LogP contribution in [-0.4, -0.2) is 35.5 Å². The Balaban J connectivity index is 1.64. The third-order valence-corrected chi connectivity index (χ3v) is 6.33. The lowest BCUT2D eigenvalue weighted by Gasteiger charge is -2.28. The molecule has 0 saturated carbocycles. The van der Waals surface area contributed by atoms with Crippen molar-refractivity contribution in [2.45, 2.75) is 19.9 Å². The number of hydrogen-bond acceptors (Lipinski definition) is 5. The van der Waals surface area contributed by atoms with Crippen LogP contribution in [0.2, 0.25) is 0 Å². The fourth-order valence-corrected chi connectivity index (χ4v) is 4.33. The Bertz CT molecular complexity index is 1160. The summed E-state index contributed by atoms with van der Waals surface area (Å²) in [7, 11) is -3.21. The van der Waals surface area contributed by atoms with E-state index in [9.17, 15) is 12.8 Å². The molecule has 4 rings (SSSR count). The Morgan fingerprint density at radius 2 is 1.90 bits per heavy atom. The molecule has 6 nitrogen and oxygen atoms in total. The van der Waals surface area contributed by atoms with Crippen molar-refractivity contribution < 1.29 is 12.8 Å². The van der Waals surface area contributed by atoms with Gasteiger partial charge in [-0.1, -0.05) is 18.2 Å². The highest BCUT2D eigenvalue weighted by Crippen LogP contribution is 2.31. The van der Waals surface area contributed by atoms with Crippen molar-refractivity contribution in [2.24, 2.45) is 0 Å². The van der Waals surface area contributed by atoms with Crippen molar-refractivity contribution in [1.29, 1.82) is 0 Å². The largest absolute Gasteiger partial charge is 0.355 e. The maximum atomic E-state index is 13.2. The van der Waals surface area contributed by atoms with Crippen LogP contribution in [0, 0.1) is 12.7 Å². The van der Waals surface area contributed by atoms with Gasteiger partial charge < -0.3 is 5.32 Å². The summed E-state index contributed by atoms with van der Waals surface area (Å²) in [6.45, 7) is 2.80. The van der Waals surface area contributed by atoms with Gasteiger partial charge in [0.05, 0.1) is 18.6 Å². The average Bonchev–Trinajstić information content (AvgIpc) is 2.69. The molecule has 1 N–H and O–H groups in total. The van der Waals surface area contributed by atoms with Gasteiger partial charge >= 0.3 is 0 Å². The zero-order valence-corrected chi connectivity index (χ0v) is 17.0. The number of rotatable bonds is 4. The van der Waals surface area contributed by atoms with Gasteiger partial charge in [-0.25, -0.2) is 22.8 Å². The zero-order chi connectivity index (χ0) is 20.6. The van der Waals surface area contributed by atoms with Crippen LogP contribution >= 0.6 is 0 Å². The zero-order valence-electron chi connectivity index (χ0n) is 16.2. The summed E-state index contributed by atoms with van der Waals surface area (Å²) in [6, 6.07) is 11.7. The molecular weight excluding hydrogens is 391 g/mol. The number of nitrogens with zero attached hydrogens (tertiary/aromatic N) is 3. The van der Waals surface area contributed by atoms with Crippen LogP contribution < -0.4 is 5.32 Å². The van der Waals surface area contributed by atoms with Gasteiger partial charge in [0.1, 0.15) is 0 Å². The van der Waals surface area contributed by atoms with Gasteiger partial charge in [0, 0.05) is 30.0 Å². The highest BCUT2D eigenvalue weighted by molar-refractivity contribution is 7.88. The summed E-state index contributed by atoms with van der Waals surface area (Å²) < 4.78 is 38.4. The monoisotopic (exact) mass is 412 g/mol. The molecule has 0 spiro atoms. The van der Waals surface area contributed by atoms with Crippen LogP contribution in [0.1, 0.15) is 16.7 Å². The molecule has 0 aliphatic carbocycles. The molecule has 0 unspecified atom stereocenters. The topological polar surface area (TPSA) is 75.2 Å². The Labute approximate surface area is 169 Å². The number of anilines is 2. The first-order chi connectivity index (χ1) is 13.8. The first-order valence-corrected chi connectivity index (χ1v) is 11.1. The first kappa shape index (κ1) is 19.5. The maximum absolute atomic E-state index is 13.2. The fourth-order valence-electron chi connectivity index (χ4n) is 3.53. The number of sulfonamides is 1. The predicted octanol–water partition coefficient (Wildman–Crippen LogP) is 3.65. The Kier molecular flexibility index (Phi) is 5.06. The summed E-state index contributed by atoms with van der Waals surface area (Å²) in [6.07, 6.45) is 4.20. The minimum absolute atomic E-state index is 0.381. The summed E-state index contributed by atoms with van der Waals surface area (Å²) in [5, 5.41) is 3.44. The highest BCUT2D eigenvalue weighted by Gasteiger charge is 2.24. The van der Waals surface area contributed by atoms with E-state index in [-0.39, 0.29) is 0 Å². The normalized spacial score (nSPS) is 14.4. The lowest BCUT2D eigenvalue weighted by atomic mass is 9.98. The number of nitrogens with one attached hydrogen (secondary N) is 1. The second-order valence-corrected chi connectivity index (χ2v) is 9.15. The van der Waals surface area contributed by atoms with Crippen LogP contribution in [0.25, 0.3) is 11.4 Å². The summed E-state index contributed by atoms with van der Waals surface area (Å²) >= 11 is 0. The molecule has 0 amide bonds. The molecule has 0 radical (unpaired) electrons. The fraction of sp³-hybridized carbons (Fsp3) is 0.238. The van der Waals surface area contributed by atoms with Crippen molar-refractivity contribution in [3.8, 4) is 11.4 Å². The van der Waals surface area contributed by atoms with E-state index in [4.69, 9.17) is 0 Å². The quantitative estimate of drug-likeness (QED) is 0.708. The first-order valence-electron chi connectivity index (χ1n) is 9.23. The molecule has 1 aliphatic heterocycles. The molecule has 0 fully saturated rings. The van der Waals surface area contributed by atoms with E-state index < -0.39 is 15.8 Å². The summed E-state index contributed by atoms with van der Waals surface area (Å²) in [5.41, 5.74) is 5.74. The van der Waals surface area contributed by atoms with Crippen molar-refractivity contribution in [1.82, 2.24) is 14.3 Å². The summed E-state index contributed by atoms with van der Waals surface area (Å²) in [5.74, 6) is -0.00818. The predicted molar refractivity (Wildman–Crippen MR) is 111 cm³/mol. The van der Waals surface area contributed by atoms with E-state index in [2.05, 4.69) is 15.3 Å². The minimum Gasteiger partial charge on any atom is -0.355 e. The van der Waals surface area contributed by atoms with E-state index in [1.165, 1.54) is 10.6 Å². The Morgan fingerprint density at radius 3 is 2.62 bits per heavy atom. The molecule has 2 aromatic carbocycles. The molecule has 0 atom stereocenters. The molecule has 1 aliphatic rings. The third-order valence-electron chi connectivity index (χ3n) is 5.08. The van der Waals surface area contributed by atoms with Crippen molar-refractivity contribution in [3.63, 3.8) is 0 Å². The van der Waals surface area contributed by atoms with Gasteiger partial charge in [-0.15, -0.1) is 0 Å². The lowest BCUT2D eigenvalue weighted by Crippen LogP contribution is -2.35. The number of halogens is 1. The number of aromatic nitrogens is 2. The van der Waals surface area contributed by atoms with Gasteiger partial charge in [-0.3, -0.25) is 0 Å². The molecule has 1 aromatic heterocycles. The van der Waals surface area contributed by atoms with E-state index in [1.807, 2.05) is 43.3 Å². The van der Waals surface area contributed by atoms with E-state index in [0.717, 1.165) is 46.0 Å². The summed E-state index contributed by atoms with van der Waals surface area (Å²) in [4.78, 5) is 8.17. The standard InChI is InChI=1S/C21H21FN4O2S/c1-14-6-7-17(10-19(14)21-23-11-16(22)12-24-21)25-20-5-3-4-15-13-26(29(2,27)28)9-8-18(15)20/h3-7,10-12,25H,8-9,13H2,1-2H3. The van der Waals surface area contributed by atoms with Crippen LogP contribution in [0.5, 0.6) is 0 Å². The minimum atomic E-state index is -3.21. The van der Waals surface area contributed by atoms with Crippen LogP contribution in [0.15, 0.2) is 48.8 Å². The second-order valence-electron chi connectivity index (χ2n) is 7.17. The van der Waals surface area contributed by atoms with Crippen LogP contribution in [-0.2, 0) is 23.0 Å². The lowest BCUT2D eigenvalue weighted by molar-refractivity contribution is 0.395. The molecule has 3 aromatic rings. The van der Waals surface area contributed by atoms with Crippen LogP contribution in [0.4, 0.5) is 15.8 Å². The molecular formula is C21H21FN4O2S. The molecule has 29 heavy (non-hydrogen) atoms. The Morgan fingerprint density at radius 1 is 1.14 bits per heavy atom. The van der Waals surface area contributed by atoms with Gasteiger partial charge in [-0.2, -0.15) is 4.31 Å². The average molecular weight is 412 g/mol. The number of aryl methyl sites for hydroxylation is 1. The molecule has 0 bridgehead atoms. The third kappa shape index (κ3) is 4.13. The van der Waals surface area contributed by atoms with E-state index in [1.54, 1.807) is 0 Å². The maximum Gasteiger partial charge on any atom is 0.211 e. The van der Waals surface area contributed by atoms with Gasteiger partial charge in [0.2, 0.25) is 10.0 Å². The van der Waals surface area contributed by atoms with Gasteiger partial charge in [0.25, 0.3) is 0 Å². The van der Waals surface area contributed by atoms with E-state index in [0.29, 0.717) is 25.3 Å². The van der Waals surface area contributed by atoms with Gasteiger partial charge in [0.15, 0.2) is 11.6 Å². The van der Waals surface area contributed by atoms with Crippen molar-refractivity contribution in [2.75, 3.05) is 18.1 Å². The van der Waals surface area contributed by atoms with Crippen molar-refractivity contribution in [3.05, 3.63) is 71.3 Å². The number of benzene rings is 2. The second kappa shape index (κ2) is 7.53. The molecule has 0 saturated heterocycles. The highest BCUT2D eigenvalue weighted by atomic mass is 32.2. The SMILES string of the molecule is Cc1ccc(Nc2cccc3c2CCN(S(C)(=O)=O)C3)cc1-c1ncc(F)cn1. The smallest absolute Gasteiger partial charge is 0.211 e. The molecule has 150 valence electrons. The van der Waals surface area contributed by atoms with E-state index >= 15 is 0 Å².